The van der Waals surface area contributed by atoms with Crippen molar-refractivity contribution in [3.05, 3.63) is 0 Å². The summed E-state index contributed by atoms with van der Waals surface area (Å²) in [6.45, 7) is 3.60. The fraction of sp³-hybridized carbons (Fsp3) is 1.00. The molecular formula is C11H28BrNO. The lowest BCUT2D eigenvalue weighted by Crippen LogP contribution is -3.00. The van der Waals surface area contributed by atoms with E-state index < -0.39 is 0 Å². The first-order valence-electron chi connectivity index (χ1n) is 5.36. The fourth-order valence-electron chi connectivity index (χ4n) is 1.37. The van der Waals surface area contributed by atoms with Crippen LogP contribution in [0.1, 0.15) is 45.4 Å². The molecule has 0 aromatic heterocycles. The molecule has 0 aliphatic heterocycles. The van der Waals surface area contributed by atoms with Gasteiger partial charge in [0.05, 0.1) is 27.7 Å². The summed E-state index contributed by atoms with van der Waals surface area (Å²) >= 11 is 0. The third-order valence-electron chi connectivity index (χ3n) is 2.18. The van der Waals surface area contributed by atoms with Crippen molar-refractivity contribution in [3.63, 3.8) is 0 Å². The molecule has 0 spiro atoms. The summed E-state index contributed by atoms with van der Waals surface area (Å²) in [6.07, 6.45) is 8.48. The Labute approximate surface area is 100 Å². The Hall–Kier alpha value is 0.400. The molecule has 0 aliphatic rings. The maximum absolute atomic E-state index is 2.27. The van der Waals surface area contributed by atoms with Gasteiger partial charge < -0.3 is 26.9 Å². The Kier molecular flexibility index (Phi) is 16.3. The third-order valence-corrected chi connectivity index (χ3v) is 2.18. The molecule has 0 atom stereocenters. The van der Waals surface area contributed by atoms with Gasteiger partial charge in [0.2, 0.25) is 0 Å². The largest absolute Gasteiger partial charge is 1.00 e. The van der Waals surface area contributed by atoms with Crippen LogP contribution in [0.4, 0.5) is 0 Å². The van der Waals surface area contributed by atoms with Crippen molar-refractivity contribution >= 4 is 0 Å². The molecule has 0 amide bonds. The predicted molar refractivity (Wildman–Crippen MR) is 59.9 cm³/mol. The predicted octanol–water partition coefficient (Wildman–Crippen LogP) is -0.768. The van der Waals surface area contributed by atoms with Crippen LogP contribution in [0.2, 0.25) is 0 Å². The normalized spacial score (nSPS) is 10.3. The highest BCUT2D eigenvalue weighted by molar-refractivity contribution is 4.42. The van der Waals surface area contributed by atoms with Crippen molar-refractivity contribution in [1.82, 2.24) is 0 Å². The minimum absolute atomic E-state index is 0. The van der Waals surface area contributed by atoms with E-state index in [-0.39, 0.29) is 22.5 Å². The van der Waals surface area contributed by atoms with E-state index in [0.29, 0.717) is 0 Å². The minimum Gasteiger partial charge on any atom is -1.00 e. The van der Waals surface area contributed by atoms with E-state index >= 15 is 0 Å². The summed E-state index contributed by atoms with van der Waals surface area (Å²) < 4.78 is 1.12. The Balaban J connectivity index is -0.000000605. The van der Waals surface area contributed by atoms with Crippen molar-refractivity contribution in [3.8, 4) is 0 Å². The molecular weight excluding hydrogens is 242 g/mol. The summed E-state index contributed by atoms with van der Waals surface area (Å²) in [5.74, 6) is 0. The Morgan fingerprint density at radius 1 is 0.786 bits per heavy atom. The standard InChI is InChI=1S/C11H26N.BrH.H2O/c1-5-6-7-8-9-10-11-12(2,3)4;;/h5-11H2,1-4H3;1H;1H2/q+1;;/p-1. The Morgan fingerprint density at radius 3 is 1.64 bits per heavy atom. The average Bonchev–Trinajstić information content (AvgIpc) is 1.94. The number of nitrogens with zero attached hydrogens (tertiary/aromatic N) is 1. The van der Waals surface area contributed by atoms with Crippen LogP contribution in [0, 0.1) is 0 Å². The number of halogens is 1. The van der Waals surface area contributed by atoms with Crippen LogP contribution in [0.3, 0.4) is 0 Å². The van der Waals surface area contributed by atoms with Gasteiger partial charge in [-0.05, 0) is 12.8 Å². The SMILES string of the molecule is CCCCCCCC[N+](C)(C)C.O.[Br-]. The average molecular weight is 270 g/mol. The van der Waals surface area contributed by atoms with Gasteiger partial charge in [-0.2, -0.15) is 0 Å². The lowest BCUT2D eigenvalue weighted by molar-refractivity contribution is -0.870. The highest BCUT2D eigenvalue weighted by Gasteiger charge is 2.04. The smallest absolute Gasteiger partial charge is 0.0780 e. The zero-order chi connectivity index (χ0) is 9.45. The molecule has 0 aromatic rings. The molecule has 0 rings (SSSR count). The molecule has 0 bridgehead atoms. The van der Waals surface area contributed by atoms with Crippen molar-refractivity contribution in [1.29, 1.82) is 0 Å². The summed E-state index contributed by atoms with van der Waals surface area (Å²) in [7, 11) is 6.81. The van der Waals surface area contributed by atoms with Gasteiger partial charge in [-0.15, -0.1) is 0 Å². The van der Waals surface area contributed by atoms with Gasteiger partial charge in [0, 0.05) is 0 Å². The summed E-state index contributed by atoms with van der Waals surface area (Å²) in [5, 5.41) is 0. The third kappa shape index (κ3) is 18.2. The fourth-order valence-corrected chi connectivity index (χ4v) is 1.37. The van der Waals surface area contributed by atoms with Crippen LogP contribution in [-0.4, -0.2) is 37.6 Å². The van der Waals surface area contributed by atoms with E-state index in [2.05, 4.69) is 28.1 Å². The Bertz CT molecular complexity index is 102. The van der Waals surface area contributed by atoms with Gasteiger partial charge in [0.15, 0.2) is 0 Å². The zero-order valence-electron chi connectivity index (χ0n) is 10.3. The van der Waals surface area contributed by atoms with Gasteiger partial charge in [-0.3, -0.25) is 0 Å². The summed E-state index contributed by atoms with van der Waals surface area (Å²) in [6, 6.07) is 0. The second kappa shape index (κ2) is 11.5. The molecule has 90 valence electrons. The highest BCUT2D eigenvalue weighted by Crippen LogP contribution is 2.06. The second-order valence-electron chi connectivity index (χ2n) is 4.78. The van der Waals surface area contributed by atoms with Crippen LogP contribution in [-0.2, 0) is 0 Å². The molecule has 3 heteroatoms. The van der Waals surface area contributed by atoms with E-state index in [9.17, 15) is 0 Å². The van der Waals surface area contributed by atoms with Crippen molar-refractivity contribution < 1.29 is 26.9 Å². The molecule has 14 heavy (non-hydrogen) atoms. The number of hydrogen-bond acceptors (Lipinski definition) is 0. The molecule has 0 radical (unpaired) electrons. The first kappa shape index (κ1) is 19.9. The van der Waals surface area contributed by atoms with Crippen LogP contribution in [0.15, 0.2) is 0 Å². The van der Waals surface area contributed by atoms with E-state index in [0.717, 1.165) is 4.48 Å². The molecule has 0 unspecified atom stereocenters. The van der Waals surface area contributed by atoms with Crippen molar-refractivity contribution in [2.75, 3.05) is 27.7 Å². The molecule has 2 nitrogen and oxygen atoms in total. The number of hydrogen-bond donors (Lipinski definition) is 0. The molecule has 0 heterocycles. The van der Waals surface area contributed by atoms with E-state index in [1.165, 1.54) is 45.1 Å². The Morgan fingerprint density at radius 2 is 1.21 bits per heavy atom. The monoisotopic (exact) mass is 269 g/mol. The molecule has 0 saturated heterocycles. The molecule has 0 saturated carbocycles. The van der Waals surface area contributed by atoms with Crippen molar-refractivity contribution in [2.24, 2.45) is 0 Å². The van der Waals surface area contributed by atoms with Gasteiger partial charge >= 0.3 is 0 Å². The van der Waals surface area contributed by atoms with Crippen molar-refractivity contribution in [2.45, 2.75) is 45.4 Å². The maximum atomic E-state index is 2.27. The molecule has 0 aliphatic carbocycles. The second-order valence-corrected chi connectivity index (χ2v) is 4.78. The number of quaternary nitrogens is 1. The minimum atomic E-state index is 0. The van der Waals surface area contributed by atoms with Gasteiger partial charge in [-0.1, -0.05) is 32.6 Å². The zero-order valence-corrected chi connectivity index (χ0v) is 11.9. The number of rotatable bonds is 7. The number of unbranched alkanes of at least 4 members (excludes halogenated alkanes) is 5. The highest BCUT2D eigenvalue weighted by atomic mass is 79.9. The summed E-state index contributed by atoms with van der Waals surface area (Å²) in [5.41, 5.74) is 0. The lowest BCUT2D eigenvalue weighted by atomic mass is 10.1. The topological polar surface area (TPSA) is 31.5 Å². The molecule has 0 aromatic carbocycles. The van der Waals surface area contributed by atoms with Gasteiger partial charge in [0.25, 0.3) is 0 Å². The lowest BCUT2D eigenvalue weighted by Gasteiger charge is -2.23. The van der Waals surface area contributed by atoms with Crippen LogP contribution >= 0.6 is 0 Å². The first-order chi connectivity index (χ1) is 5.56. The van der Waals surface area contributed by atoms with Crippen LogP contribution in [0.5, 0.6) is 0 Å². The molecule has 2 N–H and O–H groups in total. The van der Waals surface area contributed by atoms with Crippen LogP contribution in [0.25, 0.3) is 0 Å². The van der Waals surface area contributed by atoms with Gasteiger partial charge in [0.1, 0.15) is 0 Å². The quantitative estimate of drug-likeness (QED) is 0.430. The van der Waals surface area contributed by atoms with E-state index in [1.54, 1.807) is 0 Å². The summed E-state index contributed by atoms with van der Waals surface area (Å²) in [4.78, 5) is 0. The molecule has 0 fully saturated rings. The maximum Gasteiger partial charge on any atom is 0.0780 e. The van der Waals surface area contributed by atoms with E-state index in [1.807, 2.05) is 0 Å². The first-order valence-corrected chi connectivity index (χ1v) is 5.36. The van der Waals surface area contributed by atoms with Crippen LogP contribution < -0.4 is 17.0 Å². The van der Waals surface area contributed by atoms with Gasteiger partial charge in [-0.25, -0.2) is 0 Å². The van der Waals surface area contributed by atoms with E-state index in [4.69, 9.17) is 0 Å².